The summed E-state index contributed by atoms with van der Waals surface area (Å²) in [5.74, 6) is -1.29. The molecule has 0 unspecified atom stereocenters. The molecule has 0 bridgehead atoms. The molecule has 0 saturated carbocycles. The van der Waals surface area contributed by atoms with Gasteiger partial charge in [-0.3, -0.25) is 20.4 Å². The van der Waals surface area contributed by atoms with Gasteiger partial charge < -0.3 is 10.6 Å². The number of carbonyl (C=O) groups is 2. The maximum atomic E-state index is 12.9. The first kappa shape index (κ1) is 25.0. The Balaban J connectivity index is 1.67. The lowest BCUT2D eigenvalue weighted by atomic mass is 10.1. The third kappa shape index (κ3) is 6.24. The van der Waals surface area contributed by atoms with Gasteiger partial charge in [-0.25, -0.2) is 0 Å². The van der Waals surface area contributed by atoms with Crippen molar-refractivity contribution in [2.24, 2.45) is 0 Å². The third-order valence-corrected chi connectivity index (χ3v) is 5.22. The van der Waals surface area contributed by atoms with Crippen LogP contribution in [-0.2, 0) is 6.18 Å². The van der Waals surface area contributed by atoms with Gasteiger partial charge in [-0.15, -0.1) is 0 Å². The minimum Gasteiger partial charge on any atom is -0.330 e. The molecule has 3 aromatic carbocycles. The Morgan fingerprint density at radius 3 is 2.24 bits per heavy atom. The molecule has 0 aliphatic carbocycles. The van der Waals surface area contributed by atoms with Crippen LogP contribution in [-0.4, -0.2) is 16.9 Å². The molecule has 0 atom stereocenters. The van der Waals surface area contributed by atoms with E-state index in [1.807, 2.05) is 0 Å². The molecule has 0 saturated heterocycles. The number of rotatable bonds is 4. The highest BCUT2D eigenvalue weighted by molar-refractivity contribution is 7.80. The number of nitrogens with one attached hydrogen (secondary N) is 4. The predicted molar refractivity (Wildman–Crippen MR) is 129 cm³/mol. The topological polar surface area (TPSA) is 82.3 Å². The summed E-state index contributed by atoms with van der Waals surface area (Å²) in [5, 5.41) is 5.92. The number of anilines is 2. The Bertz CT molecular complexity index is 1250. The van der Waals surface area contributed by atoms with Crippen LogP contribution < -0.4 is 21.5 Å². The number of benzene rings is 3. The maximum Gasteiger partial charge on any atom is 0.416 e. The number of amides is 2. The molecular weight excluding hydrogens is 489 g/mol. The zero-order valence-corrected chi connectivity index (χ0v) is 19.2. The van der Waals surface area contributed by atoms with Crippen molar-refractivity contribution in [3.63, 3.8) is 0 Å². The summed E-state index contributed by atoms with van der Waals surface area (Å²) in [7, 11) is 0. The summed E-state index contributed by atoms with van der Waals surface area (Å²) < 4.78 is 38.8. The highest BCUT2D eigenvalue weighted by Gasteiger charge is 2.31. The standard InChI is InChI=1S/C23H18ClF3N4O2S/c1-13-16(21(33)30-31-22(34)29-19-10-3-2-9-17(19)24)8-5-11-18(13)28-20(32)14-6-4-7-15(12-14)23(25,26)27/h2-12H,1H3,(H,28,32)(H,30,33)(H2,29,31,34). The number of halogens is 4. The fourth-order valence-electron chi connectivity index (χ4n) is 2.95. The molecule has 34 heavy (non-hydrogen) atoms. The minimum absolute atomic E-state index is 0.0908. The van der Waals surface area contributed by atoms with Gasteiger partial charge in [0.2, 0.25) is 0 Å². The zero-order chi connectivity index (χ0) is 24.9. The molecule has 176 valence electrons. The molecule has 3 rings (SSSR count). The average Bonchev–Trinajstić information content (AvgIpc) is 2.80. The summed E-state index contributed by atoms with van der Waals surface area (Å²) in [4.78, 5) is 25.1. The second kappa shape index (κ2) is 10.5. The fraction of sp³-hybridized carbons (Fsp3) is 0.0870. The Hall–Kier alpha value is -3.63. The third-order valence-electron chi connectivity index (χ3n) is 4.69. The number of carbonyl (C=O) groups excluding carboxylic acids is 2. The number of thiocarbonyl (C=S) groups is 1. The van der Waals surface area contributed by atoms with Crippen molar-refractivity contribution in [2.45, 2.75) is 13.1 Å². The van der Waals surface area contributed by atoms with E-state index in [-0.39, 0.29) is 21.9 Å². The van der Waals surface area contributed by atoms with Gasteiger partial charge in [0, 0.05) is 16.8 Å². The molecule has 0 spiro atoms. The molecule has 2 amide bonds. The molecule has 11 heteroatoms. The fourth-order valence-corrected chi connectivity index (χ4v) is 3.29. The van der Waals surface area contributed by atoms with Crippen molar-refractivity contribution in [3.8, 4) is 0 Å². The molecule has 0 fully saturated rings. The average molecular weight is 507 g/mol. The van der Waals surface area contributed by atoms with Crippen molar-refractivity contribution in [1.29, 1.82) is 0 Å². The van der Waals surface area contributed by atoms with Crippen molar-refractivity contribution in [1.82, 2.24) is 10.9 Å². The number of hydrazine groups is 1. The van der Waals surface area contributed by atoms with Gasteiger partial charge in [-0.1, -0.05) is 35.9 Å². The molecule has 0 aromatic heterocycles. The Morgan fingerprint density at radius 2 is 1.53 bits per heavy atom. The first-order chi connectivity index (χ1) is 16.1. The van der Waals surface area contributed by atoms with Crippen LogP contribution in [0.3, 0.4) is 0 Å². The summed E-state index contributed by atoms with van der Waals surface area (Å²) in [5.41, 5.74) is 5.35. The van der Waals surface area contributed by atoms with E-state index in [0.717, 1.165) is 18.2 Å². The Labute approximate surface area is 203 Å². The smallest absolute Gasteiger partial charge is 0.330 e. The number of para-hydroxylation sites is 1. The van der Waals surface area contributed by atoms with E-state index in [1.54, 1.807) is 31.2 Å². The monoisotopic (exact) mass is 506 g/mol. The Kier molecular flexibility index (Phi) is 7.75. The van der Waals surface area contributed by atoms with Gasteiger partial charge in [0.25, 0.3) is 11.8 Å². The largest absolute Gasteiger partial charge is 0.416 e. The highest BCUT2D eigenvalue weighted by Crippen LogP contribution is 2.30. The number of hydrogen-bond acceptors (Lipinski definition) is 3. The number of alkyl halides is 3. The number of hydrogen-bond donors (Lipinski definition) is 4. The molecule has 6 nitrogen and oxygen atoms in total. The van der Waals surface area contributed by atoms with E-state index >= 15 is 0 Å². The SMILES string of the molecule is Cc1c(NC(=O)c2cccc(C(F)(F)F)c2)cccc1C(=O)NNC(=S)Nc1ccccc1Cl. The van der Waals surface area contributed by atoms with Crippen molar-refractivity contribution in [3.05, 3.63) is 94.0 Å². The first-order valence-corrected chi connectivity index (χ1v) is 10.5. The zero-order valence-electron chi connectivity index (χ0n) is 17.6. The molecule has 0 aliphatic heterocycles. The molecule has 0 aliphatic rings. The maximum absolute atomic E-state index is 12.9. The van der Waals surface area contributed by atoms with Crippen molar-refractivity contribution >= 4 is 52.1 Å². The minimum atomic E-state index is -4.57. The quantitative estimate of drug-likeness (QED) is 0.275. The molecule has 0 radical (unpaired) electrons. The van der Waals surface area contributed by atoms with Crippen LogP contribution in [0.5, 0.6) is 0 Å². The van der Waals surface area contributed by atoms with Gasteiger partial charge >= 0.3 is 6.18 Å². The van der Waals surface area contributed by atoms with Crippen LogP contribution >= 0.6 is 23.8 Å². The predicted octanol–water partition coefficient (Wildman–Crippen LogP) is 5.55. The van der Waals surface area contributed by atoms with Crippen LogP contribution in [0.2, 0.25) is 5.02 Å². The van der Waals surface area contributed by atoms with E-state index < -0.39 is 23.6 Å². The van der Waals surface area contributed by atoms with Gasteiger partial charge in [-0.05, 0) is 67.2 Å². The highest BCUT2D eigenvalue weighted by atomic mass is 35.5. The van der Waals surface area contributed by atoms with Gasteiger partial charge in [0.15, 0.2) is 5.11 Å². The lowest BCUT2D eigenvalue weighted by molar-refractivity contribution is -0.137. The summed E-state index contributed by atoms with van der Waals surface area (Å²) in [6.45, 7) is 1.59. The summed E-state index contributed by atoms with van der Waals surface area (Å²) in [6.07, 6.45) is -4.57. The van der Waals surface area contributed by atoms with Gasteiger partial charge in [0.1, 0.15) is 0 Å². The van der Waals surface area contributed by atoms with Crippen LogP contribution in [0.15, 0.2) is 66.7 Å². The van der Waals surface area contributed by atoms with Crippen LogP contribution in [0, 0.1) is 6.92 Å². The van der Waals surface area contributed by atoms with Crippen LogP contribution in [0.4, 0.5) is 24.5 Å². The van der Waals surface area contributed by atoms with Gasteiger partial charge in [-0.2, -0.15) is 13.2 Å². The lowest BCUT2D eigenvalue weighted by Gasteiger charge is -2.15. The Morgan fingerprint density at radius 1 is 0.853 bits per heavy atom. The molecular formula is C23H18ClF3N4O2S. The summed E-state index contributed by atoms with van der Waals surface area (Å²) in [6, 6.07) is 15.6. The second-order valence-electron chi connectivity index (χ2n) is 7.02. The van der Waals surface area contributed by atoms with E-state index in [4.69, 9.17) is 23.8 Å². The first-order valence-electron chi connectivity index (χ1n) is 9.76. The van der Waals surface area contributed by atoms with Crippen LogP contribution in [0.25, 0.3) is 0 Å². The van der Waals surface area contributed by atoms with E-state index in [1.165, 1.54) is 24.3 Å². The lowest BCUT2D eigenvalue weighted by Crippen LogP contribution is -2.44. The van der Waals surface area contributed by atoms with Gasteiger partial charge in [0.05, 0.1) is 16.3 Å². The van der Waals surface area contributed by atoms with E-state index in [0.29, 0.717) is 16.3 Å². The van der Waals surface area contributed by atoms with Crippen molar-refractivity contribution < 1.29 is 22.8 Å². The molecule has 3 aromatic rings. The molecule has 4 N–H and O–H groups in total. The summed E-state index contributed by atoms with van der Waals surface area (Å²) >= 11 is 11.2. The van der Waals surface area contributed by atoms with E-state index in [2.05, 4.69) is 21.5 Å². The van der Waals surface area contributed by atoms with Crippen molar-refractivity contribution in [2.75, 3.05) is 10.6 Å². The second-order valence-corrected chi connectivity index (χ2v) is 7.84. The normalized spacial score (nSPS) is 10.9. The van der Waals surface area contributed by atoms with Crippen LogP contribution in [0.1, 0.15) is 31.8 Å². The van der Waals surface area contributed by atoms with E-state index in [9.17, 15) is 22.8 Å². The molecule has 0 heterocycles.